The van der Waals surface area contributed by atoms with Crippen LogP contribution in [0.4, 0.5) is 0 Å². The summed E-state index contributed by atoms with van der Waals surface area (Å²) in [5.41, 5.74) is 0.288. The first kappa shape index (κ1) is 12.9. The van der Waals surface area contributed by atoms with Gasteiger partial charge >= 0.3 is 5.97 Å². The summed E-state index contributed by atoms with van der Waals surface area (Å²) in [5.74, 6) is -1.05. The van der Waals surface area contributed by atoms with Crippen molar-refractivity contribution in [1.29, 1.82) is 0 Å². The molecule has 1 amide bonds. The van der Waals surface area contributed by atoms with E-state index in [1.54, 1.807) is 6.07 Å². The number of halogens is 1. The Labute approximate surface area is 110 Å². The van der Waals surface area contributed by atoms with Crippen LogP contribution >= 0.6 is 11.6 Å². The highest BCUT2D eigenvalue weighted by Crippen LogP contribution is 2.50. The summed E-state index contributed by atoms with van der Waals surface area (Å²) >= 11 is 6.10. The smallest absolute Gasteiger partial charge is 0.305 e. The van der Waals surface area contributed by atoms with Gasteiger partial charge in [-0.1, -0.05) is 29.8 Å². The molecule has 18 heavy (non-hydrogen) atoms. The molecule has 1 aromatic carbocycles. The van der Waals surface area contributed by atoms with E-state index in [2.05, 4.69) is 5.32 Å². The van der Waals surface area contributed by atoms with E-state index in [9.17, 15) is 9.59 Å². The number of nitrogens with one attached hydrogen (secondary N) is 1. The predicted octanol–water partition coefficient (Wildman–Crippen LogP) is 1.96. The van der Waals surface area contributed by atoms with Crippen molar-refractivity contribution in [2.24, 2.45) is 0 Å². The topological polar surface area (TPSA) is 66.4 Å². The molecule has 0 saturated heterocycles. The fourth-order valence-corrected chi connectivity index (χ4v) is 2.36. The van der Waals surface area contributed by atoms with Crippen molar-refractivity contribution in [3.05, 3.63) is 34.9 Å². The number of aliphatic carboxylic acids is 1. The van der Waals surface area contributed by atoms with Crippen LogP contribution < -0.4 is 5.32 Å². The molecule has 2 rings (SSSR count). The van der Waals surface area contributed by atoms with Gasteiger partial charge in [0.25, 0.3) is 0 Å². The van der Waals surface area contributed by atoms with E-state index < -0.39 is 11.4 Å². The van der Waals surface area contributed by atoms with Crippen LogP contribution in [0.1, 0.15) is 24.8 Å². The zero-order valence-corrected chi connectivity index (χ0v) is 10.5. The standard InChI is InChI=1S/C13H14ClNO3/c14-10-4-2-1-3-9(10)13(6-7-13)12(18)15-8-5-11(16)17/h1-4H,5-8H2,(H,15,18)(H,16,17). The summed E-state index contributed by atoms with van der Waals surface area (Å²) in [7, 11) is 0. The molecule has 0 unspecified atom stereocenters. The SMILES string of the molecule is O=C(O)CCNC(=O)C1(c2ccccc2Cl)CC1. The minimum atomic E-state index is -0.919. The molecule has 4 nitrogen and oxygen atoms in total. The predicted molar refractivity (Wildman–Crippen MR) is 67.6 cm³/mol. The van der Waals surface area contributed by atoms with Crippen molar-refractivity contribution in [3.8, 4) is 0 Å². The zero-order valence-electron chi connectivity index (χ0n) is 9.78. The number of carbonyl (C=O) groups excluding carboxylic acids is 1. The van der Waals surface area contributed by atoms with Crippen molar-refractivity contribution in [2.75, 3.05) is 6.54 Å². The second-order valence-electron chi connectivity index (χ2n) is 4.46. The first-order chi connectivity index (χ1) is 8.56. The van der Waals surface area contributed by atoms with Gasteiger partial charge in [0.15, 0.2) is 0 Å². The molecule has 2 N–H and O–H groups in total. The van der Waals surface area contributed by atoms with E-state index in [0.717, 1.165) is 18.4 Å². The Morgan fingerprint density at radius 1 is 1.33 bits per heavy atom. The van der Waals surface area contributed by atoms with Crippen molar-refractivity contribution in [3.63, 3.8) is 0 Å². The maximum atomic E-state index is 12.1. The van der Waals surface area contributed by atoms with E-state index in [4.69, 9.17) is 16.7 Å². The van der Waals surface area contributed by atoms with Crippen molar-refractivity contribution < 1.29 is 14.7 Å². The summed E-state index contributed by atoms with van der Waals surface area (Å²) < 4.78 is 0. The van der Waals surface area contributed by atoms with Crippen LogP contribution in [0.25, 0.3) is 0 Å². The Hall–Kier alpha value is -1.55. The van der Waals surface area contributed by atoms with Gasteiger partial charge in [-0.2, -0.15) is 0 Å². The number of benzene rings is 1. The maximum Gasteiger partial charge on any atom is 0.305 e. The minimum absolute atomic E-state index is 0.0651. The van der Waals surface area contributed by atoms with Gasteiger partial charge in [0, 0.05) is 11.6 Å². The molecule has 1 aromatic rings. The molecule has 0 spiro atoms. The fourth-order valence-electron chi connectivity index (χ4n) is 2.05. The zero-order chi connectivity index (χ0) is 13.2. The monoisotopic (exact) mass is 267 g/mol. The molecule has 0 radical (unpaired) electrons. The number of carbonyl (C=O) groups is 2. The van der Waals surface area contributed by atoms with Crippen LogP contribution in [0.2, 0.25) is 5.02 Å². The molecule has 0 heterocycles. The lowest BCUT2D eigenvalue weighted by Crippen LogP contribution is -2.36. The summed E-state index contributed by atoms with van der Waals surface area (Å²) in [6.45, 7) is 0.153. The van der Waals surface area contributed by atoms with E-state index in [-0.39, 0.29) is 18.9 Å². The molecule has 1 aliphatic carbocycles. The average Bonchev–Trinajstić information content (AvgIpc) is 3.10. The number of carboxylic acid groups (broad SMARTS) is 1. The van der Waals surface area contributed by atoms with Crippen LogP contribution in [-0.4, -0.2) is 23.5 Å². The summed E-state index contributed by atoms with van der Waals surface area (Å²) in [5, 5.41) is 11.8. The molecule has 1 saturated carbocycles. The van der Waals surface area contributed by atoms with Crippen LogP contribution in [0, 0.1) is 0 Å². The molecule has 0 aromatic heterocycles. The number of hydrogen-bond acceptors (Lipinski definition) is 2. The molecule has 0 aliphatic heterocycles. The Balaban J connectivity index is 2.06. The van der Waals surface area contributed by atoms with Gasteiger partial charge in [0.2, 0.25) is 5.91 Å². The Morgan fingerprint density at radius 3 is 2.56 bits per heavy atom. The van der Waals surface area contributed by atoms with Crippen LogP contribution in [0.3, 0.4) is 0 Å². The molecule has 1 aliphatic rings. The van der Waals surface area contributed by atoms with Crippen molar-refractivity contribution >= 4 is 23.5 Å². The largest absolute Gasteiger partial charge is 0.481 e. The average molecular weight is 268 g/mol. The lowest BCUT2D eigenvalue weighted by atomic mass is 9.95. The highest BCUT2D eigenvalue weighted by Gasteiger charge is 2.52. The number of rotatable bonds is 5. The summed E-state index contributed by atoms with van der Waals surface area (Å²) in [4.78, 5) is 22.5. The highest BCUT2D eigenvalue weighted by molar-refractivity contribution is 6.31. The van der Waals surface area contributed by atoms with Gasteiger partial charge < -0.3 is 10.4 Å². The molecule has 5 heteroatoms. The number of amides is 1. The quantitative estimate of drug-likeness (QED) is 0.857. The number of hydrogen-bond donors (Lipinski definition) is 2. The molecule has 1 fully saturated rings. The molecular weight excluding hydrogens is 254 g/mol. The molecular formula is C13H14ClNO3. The van der Waals surface area contributed by atoms with Gasteiger partial charge in [-0.3, -0.25) is 9.59 Å². The third-order valence-corrected chi connectivity index (χ3v) is 3.53. The van der Waals surface area contributed by atoms with Crippen molar-refractivity contribution in [2.45, 2.75) is 24.7 Å². The Bertz CT molecular complexity index is 483. The Morgan fingerprint density at radius 2 is 2.00 bits per heavy atom. The van der Waals surface area contributed by atoms with Gasteiger partial charge in [-0.25, -0.2) is 0 Å². The van der Waals surface area contributed by atoms with Gasteiger partial charge in [0.1, 0.15) is 0 Å². The second kappa shape index (κ2) is 4.98. The van der Waals surface area contributed by atoms with Crippen LogP contribution in [-0.2, 0) is 15.0 Å². The summed E-state index contributed by atoms with van der Waals surface area (Å²) in [6, 6.07) is 7.30. The molecule has 96 valence electrons. The lowest BCUT2D eigenvalue weighted by molar-refractivity contribution is -0.137. The van der Waals surface area contributed by atoms with E-state index >= 15 is 0 Å². The molecule has 0 atom stereocenters. The van der Waals surface area contributed by atoms with Crippen molar-refractivity contribution in [1.82, 2.24) is 5.32 Å². The maximum absolute atomic E-state index is 12.1. The first-order valence-corrected chi connectivity index (χ1v) is 6.19. The van der Waals surface area contributed by atoms with Crippen LogP contribution in [0.5, 0.6) is 0 Å². The minimum Gasteiger partial charge on any atom is -0.481 e. The Kier molecular flexibility index (Phi) is 3.57. The van der Waals surface area contributed by atoms with Gasteiger partial charge in [-0.15, -0.1) is 0 Å². The van der Waals surface area contributed by atoms with Crippen LogP contribution in [0.15, 0.2) is 24.3 Å². The summed E-state index contributed by atoms with van der Waals surface area (Å²) in [6.07, 6.45) is 1.45. The number of carboxylic acids is 1. The van der Waals surface area contributed by atoms with E-state index in [1.807, 2.05) is 18.2 Å². The fraction of sp³-hybridized carbons (Fsp3) is 0.385. The van der Waals surface area contributed by atoms with E-state index in [0.29, 0.717) is 5.02 Å². The highest BCUT2D eigenvalue weighted by atomic mass is 35.5. The second-order valence-corrected chi connectivity index (χ2v) is 4.87. The normalized spacial score (nSPS) is 16.1. The van der Waals surface area contributed by atoms with Gasteiger partial charge in [0.05, 0.1) is 11.8 Å². The van der Waals surface area contributed by atoms with E-state index in [1.165, 1.54) is 0 Å². The first-order valence-electron chi connectivity index (χ1n) is 5.81. The van der Waals surface area contributed by atoms with Gasteiger partial charge in [-0.05, 0) is 24.5 Å². The lowest BCUT2D eigenvalue weighted by Gasteiger charge is -2.16. The third kappa shape index (κ3) is 2.48. The molecule has 0 bridgehead atoms. The third-order valence-electron chi connectivity index (χ3n) is 3.20.